The van der Waals surface area contributed by atoms with Crippen LogP contribution in [0.4, 0.5) is 18.9 Å². The molecular weight excluding hydrogens is 387 g/mol. The number of rotatable bonds is 9. The second kappa shape index (κ2) is 9.55. The number of primary amides is 1. The fourth-order valence-electron chi connectivity index (χ4n) is 2.81. The predicted molar refractivity (Wildman–Crippen MR) is 102 cm³/mol. The number of nitrogens with one attached hydrogen (secondary N) is 2. The van der Waals surface area contributed by atoms with Gasteiger partial charge in [-0.2, -0.15) is 18.3 Å². The van der Waals surface area contributed by atoms with E-state index in [0.29, 0.717) is 6.42 Å². The third-order valence-corrected chi connectivity index (χ3v) is 4.32. The van der Waals surface area contributed by atoms with Crippen molar-refractivity contribution < 1.29 is 22.8 Å². The minimum Gasteiger partial charge on any atom is -0.369 e. The Morgan fingerprint density at radius 1 is 1.31 bits per heavy atom. The van der Waals surface area contributed by atoms with E-state index in [-0.39, 0.29) is 24.7 Å². The molecule has 0 aliphatic carbocycles. The van der Waals surface area contributed by atoms with E-state index in [4.69, 9.17) is 5.73 Å². The molecule has 2 rings (SSSR count). The van der Waals surface area contributed by atoms with Crippen molar-refractivity contribution in [3.05, 3.63) is 47.8 Å². The van der Waals surface area contributed by atoms with Crippen molar-refractivity contribution in [1.82, 2.24) is 15.1 Å². The number of aryl methyl sites for hydroxylation is 1. The molecular formula is C19H24F3N5O2. The van der Waals surface area contributed by atoms with E-state index in [1.165, 1.54) is 12.1 Å². The Kier molecular flexibility index (Phi) is 7.38. The summed E-state index contributed by atoms with van der Waals surface area (Å²) in [6.07, 6.45) is -0.592. The van der Waals surface area contributed by atoms with Gasteiger partial charge >= 0.3 is 6.18 Å². The SMILES string of the molecule is C[C@@H](CC(=O)Nc1cccc(C(F)(F)F)c1)NC[C@H](Cc1cnn(C)c1)C(N)=O. The van der Waals surface area contributed by atoms with Crippen molar-refractivity contribution in [3.63, 3.8) is 0 Å². The van der Waals surface area contributed by atoms with Gasteiger partial charge in [0.05, 0.1) is 17.7 Å². The van der Waals surface area contributed by atoms with Gasteiger partial charge in [-0.05, 0) is 37.1 Å². The van der Waals surface area contributed by atoms with Crippen LogP contribution in [0.3, 0.4) is 0 Å². The second-order valence-electron chi connectivity index (χ2n) is 6.97. The second-order valence-corrected chi connectivity index (χ2v) is 6.97. The normalized spacial score (nSPS) is 13.7. The highest BCUT2D eigenvalue weighted by atomic mass is 19.4. The standard InChI is InChI=1S/C19H24F3N5O2/c1-12(24-10-14(18(23)29)7-13-9-25-27(2)11-13)6-17(28)26-16-5-3-4-15(8-16)19(20,21)22/h3-5,8-9,11-12,14,24H,6-7,10H2,1-2H3,(H2,23,29)(H,26,28)/t12-,14-/m0/s1. The molecule has 1 aromatic carbocycles. The number of nitrogens with two attached hydrogens (primary N) is 1. The van der Waals surface area contributed by atoms with Gasteiger partial charge in [-0.15, -0.1) is 0 Å². The van der Waals surface area contributed by atoms with E-state index in [2.05, 4.69) is 15.7 Å². The molecule has 7 nitrogen and oxygen atoms in total. The largest absolute Gasteiger partial charge is 0.416 e. The quantitative estimate of drug-likeness (QED) is 0.588. The van der Waals surface area contributed by atoms with E-state index in [1.54, 1.807) is 31.0 Å². The van der Waals surface area contributed by atoms with E-state index in [9.17, 15) is 22.8 Å². The van der Waals surface area contributed by atoms with Crippen LogP contribution in [-0.2, 0) is 29.2 Å². The zero-order valence-electron chi connectivity index (χ0n) is 16.2. The first-order valence-corrected chi connectivity index (χ1v) is 9.02. The van der Waals surface area contributed by atoms with Crippen LogP contribution in [-0.4, -0.2) is 34.2 Å². The number of halogens is 3. The van der Waals surface area contributed by atoms with Gasteiger partial charge in [0.1, 0.15) is 0 Å². The number of amides is 2. The predicted octanol–water partition coefficient (Wildman–Crippen LogP) is 2.09. The number of hydrogen-bond donors (Lipinski definition) is 3. The Labute approximate surface area is 166 Å². The lowest BCUT2D eigenvalue weighted by Crippen LogP contribution is -2.39. The number of anilines is 1. The lowest BCUT2D eigenvalue weighted by atomic mass is 10.0. The zero-order chi connectivity index (χ0) is 21.6. The average molecular weight is 411 g/mol. The van der Waals surface area contributed by atoms with Gasteiger partial charge in [0, 0.05) is 37.9 Å². The van der Waals surface area contributed by atoms with Crippen LogP contribution >= 0.6 is 0 Å². The molecule has 1 heterocycles. The number of alkyl halides is 3. The Balaban J connectivity index is 1.85. The van der Waals surface area contributed by atoms with Gasteiger partial charge in [-0.1, -0.05) is 6.07 Å². The first-order chi connectivity index (χ1) is 13.5. The number of benzene rings is 1. The Bertz CT molecular complexity index is 850. The zero-order valence-corrected chi connectivity index (χ0v) is 16.2. The molecule has 2 atom stereocenters. The summed E-state index contributed by atoms with van der Waals surface area (Å²) in [4.78, 5) is 23.8. The van der Waals surface area contributed by atoms with Gasteiger partial charge < -0.3 is 16.4 Å². The van der Waals surface area contributed by atoms with Gasteiger partial charge in [0.15, 0.2) is 0 Å². The molecule has 0 unspecified atom stereocenters. The van der Waals surface area contributed by atoms with Gasteiger partial charge in [0.25, 0.3) is 0 Å². The van der Waals surface area contributed by atoms with Crippen LogP contribution in [0.15, 0.2) is 36.7 Å². The van der Waals surface area contributed by atoms with Gasteiger partial charge in [-0.25, -0.2) is 0 Å². The highest BCUT2D eigenvalue weighted by molar-refractivity contribution is 5.91. The number of aromatic nitrogens is 2. The summed E-state index contributed by atoms with van der Waals surface area (Å²) < 4.78 is 39.9. The molecule has 10 heteroatoms. The Hall–Kier alpha value is -2.88. The first-order valence-electron chi connectivity index (χ1n) is 9.02. The van der Waals surface area contributed by atoms with Crippen LogP contribution in [0.25, 0.3) is 0 Å². The minimum atomic E-state index is -4.48. The first kappa shape index (κ1) is 22.4. The molecule has 0 radical (unpaired) electrons. The van der Waals surface area contributed by atoms with Crippen molar-refractivity contribution in [2.75, 3.05) is 11.9 Å². The van der Waals surface area contributed by atoms with Crippen molar-refractivity contribution in [3.8, 4) is 0 Å². The number of carbonyl (C=O) groups excluding carboxylic acids is 2. The molecule has 4 N–H and O–H groups in total. The summed E-state index contributed by atoms with van der Waals surface area (Å²) in [6, 6.07) is 4.13. The van der Waals surface area contributed by atoms with Crippen molar-refractivity contribution in [2.24, 2.45) is 18.7 Å². The molecule has 0 saturated heterocycles. The maximum Gasteiger partial charge on any atom is 0.416 e. The highest BCUT2D eigenvalue weighted by Crippen LogP contribution is 2.30. The maximum atomic E-state index is 12.7. The van der Waals surface area contributed by atoms with Gasteiger partial charge in [-0.3, -0.25) is 14.3 Å². The fraction of sp³-hybridized carbons (Fsp3) is 0.421. The number of carbonyl (C=O) groups is 2. The van der Waals surface area contributed by atoms with E-state index < -0.39 is 29.5 Å². The van der Waals surface area contributed by atoms with E-state index in [0.717, 1.165) is 17.7 Å². The molecule has 0 bridgehead atoms. The summed E-state index contributed by atoms with van der Waals surface area (Å²) in [5.74, 6) is -1.39. The molecule has 2 aromatic rings. The highest BCUT2D eigenvalue weighted by Gasteiger charge is 2.30. The molecule has 29 heavy (non-hydrogen) atoms. The Morgan fingerprint density at radius 3 is 2.62 bits per heavy atom. The molecule has 2 amide bonds. The van der Waals surface area contributed by atoms with Crippen LogP contribution in [0.1, 0.15) is 24.5 Å². The van der Waals surface area contributed by atoms with Crippen LogP contribution in [0.5, 0.6) is 0 Å². The van der Waals surface area contributed by atoms with Crippen LogP contribution in [0.2, 0.25) is 0 Å². The third kappa shape index (κ3) is 7.22. The molecule has 0 saturated carbocycles. The molecule has 1 aromatic heterocycles. The monoisotopic (exact) mass is 411 g/mol. The lowest BCUT2D eigenvalue weighted by molar-refractivity contribution is -0.137. The van der Waals surface area contributed by atoms with Crippen molar-refractivity contribution in [1.29, 1.82) is 0 Å². The number of hydrogen-bond acceptors (Lipinski definition) is 4. The molecule has 0 fully saturated rings. The molecule has 0 aliphatic rings. The molecule has 0 aliphatic heterocycles. The molecule has 158 valence electrons. The third-order valence-electron chi connectivity index (χ3n) is 4.32. The average Bonchev–Trinajstić information content (AvgIpc) is 3.02. The van der Waals surface area contributed by atoms with E-state index in [1.807, 2.05) is 0 Å². The fourth-order valence-corrected chi connectivity index (χ4v) is 2.81. The molecule has 0 spiro atoms. The lowest BCUT2D eigenvalue weighted by Gasteiger charge is -2.18. The smallest absolute Gasteiger partial charge is 0.369 e. The summed E-state index contributed by atoms with van der Waals surface area (Å²) in [5, 5.41) is 9.58. The van der Waals surface area contributed by atoms with Crippen LogP contribution < -0.4 is 16.4 Å². The summed E-state index contributed by atoms with van der Waals surface area (Å²) in [5.41, 5.74) is 5.56. The Morgan fingerprint density at radius 2 is 2.03 bits per heavy atom. The van der Waals surface area contributed by atoms with Crippen molar-refractivity contribution >= 4 is 17.5 Å². The maximum absolute atomic E-state index is 12.7. The van der Waals surface area contributed by atoms with Gasteiger partial charge in [0.2, 0.25) is 11.8 Å². The van der Waals surface area contributed by atoms with E-state index >= 15 is 0 Å². The summed E-state index contributed by atoms with van der Waals surface area (Å²) in [6.45, 7) is 2.01. The summed E-state index contributed by atoms with van der Waals surface area (Å²) in [7, 11) is 1.77. The van der Waals surface area contributed by atoms with Crippen LogP contribution in [0, 0.1) is 5.92 Å². The topological polar surface area (TPSA) is 102 Å². The minimum absolute atomic E-state index is 0.0224. The van der Waals surface area contributed by atoms with Crippen molar-refractivity contribution in [2.45, 2.75) is 32.0 Å². The summed E-state index contributed by atoms with van der Waals surface area (Å²) >= 11 is 0. The number of nitrogens with zero attached hydrogens (tertiary/aromatic N) is 2.